The van der Waals surface area contributed by atoms with Gasteiger partial charge in [-0.3, -0.25) is 0 Å². The summed E-state index contributed by atoms with van der Waals surface area (Å²) in [6.45, 7) is 5.66. The molecule has 3 rings (SSSR count). The van der Waals surface area contributed by atoms with Crippen LogP contribution in [0.5, 0.6) is 17.2 Å². The Kier molecular flexibility index (Phi) is 10.3. The van der Waals surface area contributed by atoms with E-state index in [0.717, 1.165) is 35.1 Å². The number of ether oxygens (including phenoxy) is 4. The third kappa shape index (κ3) is 8.54. The zero-order valence-corrected chi connectivity index (χ0v) is 21.5. The summed E-state index contributed by atoms with van der Waals surface area (Å²) in [4.78, 5) is 37.0. The van der Waals surface area contributed by atoms with Gasteiger partial charge in [-0.15, -0.1) is 11.8 Å². The van der Waals surface area contributed by atoms with E-state index < -0.39 is 17.9 Å². The van der Waals surface area contributed by atoms with Crippen LogP contribution >= 0.6 is 11.8 Å². The van der Waals surface area contributed by atoms with Crippen LogP contribution in [0.2, 0.25) is 0 Å². The van der Waals surface area contributed by atoms with E-state index in [-0.39, 0.29) is 0 Å². The molecule has 0 atom stereocenters. The maximum absolute atomic E-state index is 12.7. The molecule has 0 N–H and O–H groups in total. The van der Waals surface area contributed by atoms with Crippen LogP contribution in [0.1, 0.15) is 39.1 Å². The van der Waals surface area contributed by atoms with E-state index in [1.807, 2.05) is 25.1 Å². The van der Waals surface area contributed by atoms with Crippen molar-refractivity contribution in [1.82, 2.24) is 0 Å². The van der Waals surface area contributed by atoms with Gasteiger partial charge < -0.3 is 18.9 Å². The van der Waals surface area contributed by atoms with Crippen molar-refractivity contribution in [3.05, 3.63) is 96.1 Å². The average molecular weight is 521 g/mol. The Morgan fingerprint density at radius 2 is 1.43 bits per heavy atom. The molecule has 0 aliphatic heterocycles. The molecule has 0 amide bonds. The summed E-state index contributed by atoms with van der Waals surface area (Å²) in [5.41, 5.74) is 1.74. The average Bonchev–Trinajstić information content (AvgIpc) is 2.92. The van der Waals surface area contributed by atoms with Crippen molar-refractivity contribution in [2.24, 2.45) is 0 Å². The number of carbonyl (C=O) groups is 3. The molecule has 37 heavy (non-hydrogen) atoms. The first-order chi connectivity index (χ1) is 17.9. The molecule has 192 valence electrons. The van der Waals surface area contributed by atoms with Crippen LogP contribution < -0.4 is 14.2 Å². The molecule has 0 radical (unpaired) electrons. The lowest BCUT2D eigenvalue weighted by atomic mass is 10.2. The zero-order valence-electron chi connectivity index (χ0n) is 20.7. The minimum Gasteiger partial charge on any atom is -0.496 e. The Bertz CT molecular complexity index is 1230. The maximum Gasteiger partial charge on any atom is 0.343 e. The van der Waals surface area contributed by atoms with Gasteiger partial charge in [-0.05, 0) is 80.1 Å². The zero-order chi connectivity index (χ0) is 26.6. The highest BCUT2D eigenvalue weighted by atomic mass is 32.2. The summed E-state index contributed by atoms with van der Waals surface area (Å²) < 4.78 is 21.2. The van der Waals surface area contributed by atoms with E-state index in [4.69, 9.17) is 18.9 Å². The lowest BCUT2D eigenvalue weighted by molar-refractivity contribution is -0.137. The summed E-state index contributed by atoms with van der Waals surface area (Å²) in [5, 5.41) is 0. The van der Waals surface area contributed by atoms with Gasteiger partial charge >= 0.3 is 17.9 Å². The Balaban J connectivity index is 1.52. The minimum absolute atomic E-state index is 0.298. The van der Waals surface area contributed by atoms with Crippen molar-refractivity contribution < 1.29 is 33.3 Å². The van der Waals surface area contributed by atoms with Gasteiger partial charge in [-0.2, -0.15) is 0 Å². The highest BCUT2D eigenvalue weighted by Crippen LogP contribution is 2.31. The van der Waals surface area contributed by atoms with E-state index in [1.54, 1.807) is 36.0 Å². The topological polar surface area (TPSA) is 88.1 Å². The smallest absolute Gasteiger partial charge is 0.343 e. The number of carbonyl (C=O) groups excluding carboxylic acids is 3. The molecule has 0 unspecified atom stereocenters. The van der Waals surface area contributed by atoms with Crippen LogP contribution in [0.4, 0.5) is 0 Å². The minimum atomic E-state index is -0.547. The molecule has 8 heteroatoms. The van der Waals surface area contributed by atoms with Gasteiger partial charge in [-0.25, -0.2) is 14.4 Å². The monoisotopic (exact) mass is 520 g/mol. The molecule has 0 bridgehead atoms. The Labute approximate surface area is 220 Å². The van der Waals surface area contributed by atoms with E-state index in [1.165, 1.54) is 31.4 Å². The predicted molar refractivity (Wildman–Crippen MR) is 142 cm³/mol. The molecule has 0 fully saturated rings. The number of aryl methyl sites for hydroxylation is 1. The van der Waals surface area contributed by atoms with E-state index in [2.05, 4.69) is 6.58 Å². The van der Waals surface area contributed by atoms with Crippen LogP contribution in [0, 0.1) is 6.92 Å². The number of unbranched alkanes of at least 4 members (excludes halogenated alkanes) is 1. The molecule has 0 saturated heterocycles. The van der Waals surface area contributed by atoms with Crippen molar-refractivity contribution in [3.63, 3.8) is 0 Å². The lowest BCUT2D eigenvalue weighted by Crippen LogP contribution is -2.10. The van der Waals surface area contributed by atoms with Crippen LogP contribution in [0.25, 0.3) is 0 Å². The van der Waals surface area contributed by atoms with Gasteiger partial charge in [-0.1, -0.05) is 24.3 Å². The molecule has 0 heterocycles. The number of benzene rings is 3. The number of hydrogen-bond donors (Lipinski definition) is 0. The molecule has 7 nitrogen and oxygen atoms in total. The highest BCUT2D eigenvalue weighted by molar-refractivity contribution is 7.99. The molecule has 0 aliphatic rings. The third-order valence-corrected chi connectivity index (χ3v) is 6.28. The van der Waals surface area contributed by atoms with Crippen molar-refractivity contribution >= 4 is 29.7 Å². The SMILES string of the molecule is C=CC(=O)OCCCCSc1ccc(C(=O)Oc2ccc(C(=O)Oc3ccc(C)cc3)cc2)cc1OC. The van der Waals surface area contributed by atoms with E-state index >= 15 is 0 Å². The van der Waals surface area contributed by atoms with Gasteiger partial charge in [0.1, 0.15) is 17.2 Å². The van der Waals surface area contributed by atoms with Crippen LogP contribution in [0.3, 0.4) is 0 Å². The van der Waals surface area contributed by atoms with Crippen LogP contribution in [-0.4, -0.2) is 37.4 Å². The largest absolute Gasteiger partial charge is 0.496 e. The predicted octanol–water partition coefficient (Wildman–Crippen LogP) is 6.04. The molecule has 0 saturated carbocycles. The second-order valence-corrected chi connectivity index (χ2v) is 9.05. The number of thioether (sulfide) groups is 1. The Morgan fingerprint density at radius 1 is 0.838 bits per heavy atom. The fraction of sp³-hybridized carbons (Fsp3) is 0.207. The molecule has 0 spiro atoms. The van der Waals surface area contributed by atoms with Crippen molar-refractivity contribution in [1.29, 1.82) is 0 Å². The van der Waals surface area contributed by atoms with Crippen molar-refractivity contribution in [2.75, 3.05) is 19.5 Å². The first kappa shape index (κ1) is 27.5. The first-order valence-electron chi connectivity index (χ1n) is 11.6. The van der Waals surface area contributed by atoms with E-state index in [0.29, 0.717) is 35.0 Å². The Hall–Kier alpha value is -4.04. The fourth-order valence-corrected chi connectivity index (χ4v) is 4.15. The highest BCUT2D eigenvalue weighted by Gasteiger charge is 2.14. The standard InChI is InChI=1S/C29H28O7S/c1-4-27(30)34-17-5-6-18-37-26-16-11-22(19-25(26)33-3)29(32)36-24-14-9-21(10-15-24)28(31)35-23-12-7-20(2)8-13-23/h4,7-16,19H,1,5-6,17-18H2,2-3H3. The molecule has 0 aromatic heterocycles. The summed E-state index contributed by atoms with van der Waals surface area (Å²) >= 11 is 1.58. The molecular weight excluding hydrogens is 492 g/mol. The first-order valence-corrected chi connectivity index (χ1v) is 12.6. The molecule has 3 aromatic rings. The second kappa shape index (κ2) is 13.9. The van der Waals surface area contributed by atoms with Gasteiger partial charge in [0.05, 0.1) is 24.8 Å². The van der Waals surface area contributed by atoms with Crippen LogP contribution in [0.15, 0.2) is 84.3 Å². The normalized spacial score (nSPS) is 10.3. The maximum atomic E-state index is 12.7. The Morgan fingerprint density at radius 3 is 2.05 bits per heavy atom. The van der Waals surface area contributed by atoms with Gasteiger partial charge in [0.2, 0.25) is 0 Å². The van der Waals surface area contributed by atoms with E-state index in [9.17, 15) is 14.4 Å². The van der Waals surface area contributed by atoms with Crippen LogP contribution in [-0.2, 0) is 9.53 Å². The number of rotatable bonds is 12. The molecular formula is C29H28O7S. The number of methoxy groups -OCH3 is 1. The van der Waals surface area contributed by atoms with Crippen molar-refractivity contribution in [3.8, 4) is 17.2 Å². The summed E-state index contributed by atoms with van der Waals surface area (Å²) in [7, 11) is 1.54. The summed E-state index contributed by atoms with van der Waals surface area (Å²) in [6, 6.07) is 18.4. The van der Waals surface area contributed by atoms with Gasteiger partial charge in [0, 0.05) is 11.0 Å². The quantitative estimate of drug-likeness (QED) is 0.0939. The molecule has 0 aliphatic carbocycles. The fourth-order valence-electron chi connectivity index (χ4n) is 3.13. The lowest BCUT2D eigenvalue weighted by Gasteiger charge is -2.11. The van der Waals surface area contributed by atoms with Gasteiger partial charge in [0.15, 0.2) is 0 Å². The summed E-state index contributed by atoms with van der Waals surface area (Å²) in [6.07, 6.45) is 2.73. The summed E-state index contributed by atoms with van der Waals surface area (Å²) in [5.74, 6) is 0.637. The van der Waals surface area contributed by atoms with Crippen molar-refractivity contribution in [2.45, 2.75) is 24.7 Å². The number of hydrogen-bond acceptors (Lipinski definition) is 8. The second-order valence-electron chi connectivity index (χ2n) is 7.91. The third-order valence-electron chi connectivity index (χ3n) is 5.14. The molecule has 3 aromatic carbocycles. The van der Waals surface area contributed by atoms with Gasteiger partial charge in [0.25, 0.3) is 0 Å². The number of esters is 3.